The van der Waals surface area contributed by atoms with Gasteiger partial charge in [0.15, 0.2) is 0 Å². The van der Waals surface area contributed by atoms with Crippen molar-refractivity contribution in [2.24, 2.45) is 0 Å². The largest absolute Gasteiger partial charge is 0.351 e. The first-order valence-corrected chi connectivity index (χ1v) is 8.09. The van der Waals surface area contributed by atoms with Crippen LogP contribution in [0.5, 0.6) is 0 Å². The minimum absolute atomic E-state index is 0.181. The van der Waals surface area contributed by atoms with Crippen molar-refractivity contribution in [3.05, 3.63) is 69.0 Å². The van der Waals surface area contributed by atoms with E-state index in [-0.39, 0.29) is 18.3 Å². The molecule has 0 aliphatic carbocycles. The summed E-state index contributed by atoms with van der Waals surface area (Å²) in [6.45, 7) is 0.181. The molecule has 3 nitrogen and oxygen atoms in total. The van der Waals surface area contributed by atoms with Crippen LogP contribution in [-0.2, 0) is 6.54 Å². The Balaban J connectivity index is 1.84. The molecule has 0 radical (unpaired) electrons. The van der Waals surface area contributed by atoms with E-state index in [9.17, 15) is 9.18 Å². The molecule has 1 aromatic heterocycles. The average molecular weight is 396 g/mol. The SMILES string of the molecule is CN(Cc1cc(Br)ccc1F)C(=O)c1cc2cc(Cl)ccc2[nH]1. The van der Waals surface area contributed by atoms with E-state index in [0.29, 0.717) is 16.3 Å². The van der Waals surface area contributed by atoms with E-state index in [1.165, 1.54) is 11.0 Å². The van der Waals surface area contributed by atoms with Gasteiger partial charge in [-0.05, 0) is 42.5 Å². The van der Waals surface area contributed by atoms with Gasteiger partial charge in [-0.1, -0.05) is 27.5 Å². The van der Waals surface area contributed by atoms with E-state index < -0.39 is 0 Å². The van der Waals surface area contributed by atoms with Gasteiger partial charge < -0.3 is 9.88 Å². The van der Waals surface area contributed by atoms with Crippen LogP contribution in [0.4, 0.5) is 4.39 Å². The number of hydrogen-bond donors (Lipinski definition) is 1. The molecule has 0 saturated heterocycles. The Morgan fingerprint density at radius 1 is 1.26 bits per heavy atom. The Bertz CT molecular complexity index is 893. The second kappa shape index (κ2) is 6.34. The normalized spacial score (nSPS) is 11.0. The van der Waals surface area contributed by atoms with Gasteiger partial charge in [0.1, 0.15) is 11.5 Å². The molecule has 0 aliphatic heterocycles. The highest BCUT2D eigenvalue weighted by atomic mass is 79.9. The molecule has 0 atom stereocenters. The van der Waals surface area contributed by atoms with Crippen LogP contribution in [0.3, 0.4) is 0 Å². The Hall–Kier alpha value is -1.85. The average Bonchev–Trinajstić information content (AvgIpc) is 2.93. The molecule has 3 rings (SSSR count). The highest BCUT2D eigenvalue weighted by Gasteiger charge is 2.16. The maximum Gasteiger partial charge on any atom is 0.270 e. The second-order valence-electron chi connectivity index (χ2n) is 5.31. The number of H-pyrrole nitrogens is 1. The van der Waals surface area contributed by atoms with Gasteiger partial charge >= 0.3 is 0 Å². The smallest absolute Gasteiger partial charge is 0.270 e. The zero-order valence-corrected chi connectivity index (χ0v) is 14.6. The monoisotopic (exact) mass is 394 g/mol. The van der Waals surface area contributed by atoms with Crippen molar-refractivity contribution in [3.8, 4) is 0 Å². The summed E-state index contributed by atoms with van der Waals surface area (Å²) in [6, 6.07) is 11.8. The van der Waals surface area contributed by atoms with Crippen LogP contribution >= 0.6 is 27.5 Å². The molecule has 3 aromatic rings. The van der Waals surface area contributed by atoms with E-state index in [2.05, 4.69) is 20.9 Å². The Labute approximate surface area is 146 Å². The number of nitrogens with one attached hydrogen (secondary N) is 1. The maximum atomic E-state index is 13.8. The molecule has 0 saturated carbocycles. The predicted molar refractivity (Wildman–Crippen MR) is 93.2 cm³/mol. The first-order valence-electron chi connectivity index (χ1n) is 6.92. The number of hydrogen-bond acceptors (Lipinski definition) is 1. The summed E-state index contributed by atoms with van der Waals surface area (Å²) in [7, 11) is 1.64. The van der Waals surface area contributed by atoms with Crippen molar-refractivity contribution in [2.45, 2.75) is 6.54 Å². The lowest BCUT2D eigenvalue weighted by Crippen LogP contribution is -2.26. The number of nitrogens with zero attached hydrogens (tertiary/aromatic N) is 1. The lowest BCUT2D eigenvalue weighted by Gasteiger charge is -2.17. The number of aromatic amines is 1. The summed E-state index contributed by atoms with van der Waals surface area (Å²) in [4.78, 5) is 17.1. The summed E-state index contributed by atoms with van der Waals surface area (Å²) in [5, 5.41) is 1.47. The van der Waals surface area contributed by atoms with Crippen LogP contribution in [-0.4, -0.2) is 22.8 Å². The fraction of sp³-hybridized carbons (Fsp3) is 0.118. The number of benzene rings is 2. The Morgan fingerprint density at radius 2 is 2.04 bits per heavy atom. The lowest BCUT2D eigenvalue weighted by atomic mass is 10.2. The number of halogens is 3. The van der Waals surface area contributed by atoms with Crippen molar-refractivity contribution in [2.75, 3.05) is 7.05 Å². The summed E-state index contributed by atoms with van der Waals surface area (Å²) >= 11 is 9.26. The van der Waals surface area contributed by atoms with Gasteiger partial charge in [0.2, 0.25) is 0 Å². The van der Waals surface area contributed by atoms with Gasteiger partial charge in [-0.3, -0.25) is 4.79 Å². The molecule has 0 fully saturated rings. The van der Waals surface area contributed by atoms with Crippen LogP contribution in [0.1, 0.15) is 16.1 Å². The number of carbonyl (C=O) groups excluding carboxylic acids is 1. The van der Waals surface area contributed by atoms with Crippen molar-refractivity contribution in [1.29, 1.82) is 0 Å². The van der Waals surface area contributed by atoms with Crippen molar-refractivity contribution in [1.82, 2.24) is 9.88 Å². The molecule has 1 amide bonds. The topological polar surface area (TPSA) is 36.1 Å². The zero-order valence-electron chi connectivity index (χ0n) is 12.2. The van der Waals surface area contributed by atoms with Crippen molar-refractivity contribution >= 4 is 44.3 Å². The number of carbonyl (C=O) groups is 1. The highest BCUT2D eigenvalue weighted by Crippen LogP contribution is 2.22. The Kier molecular flexibility index (Phi) is 4.41. The summed E-state index contributed by atoms with van der Waals surface area (Å²) < 4.78 is 14.6. The van der Waals surface area contributed by atoms with Gasteiger partial charge in [0.25, 0.3) is 5.91 Å². The molecular weight excluding hydrogens is 383 g/mol. The molecule has 0 bridgehead atoms. The standard InChI is InChI=1S/C17H13BrClFN2O/c1-22(9-11-6-12(18)2-4-14(11)20)17(23)16-8-10-7-13(19)3-5-15(10)21-16/h2-8,21H,9H2,1H3. The molecular formula is C17H13BrClFN2O. The van der Waals surface area contributed by atoms with E-state index in [1.54, 1.807) is 37.4 Å². The van der Waals surface area contributed by atoms with Crippen molar-refractivity contribution in [3.63, 3.8) is 0 Å². The summed E-state index contributed by atoms with van der Waals surface area (Å²) in [5.74, 6) is -0.548. The zero-order chi connectivity index (χ0) is 16.6. The molecule has 2 aromatic carbocycles. The van der Waals surface area contributed by atoms with Crippen LogP contribution in [0.25, 0.3) is 10.9 Å². The van der Waals surface area contributed by atoms with E-state index in [1.807, 2.05) is 6.07 Å². The third kappa shape index (κ3) is 3.41. The van der Waals surface area contributed by atoms with Crippen LogP contribution in [0.15, 0.2) is 46.9 Å². The van der Waals surface area contributed by atoms with Crippen LogP contribution in [0, 0.1) is 5.82 Å². The first kappa shape index (κ1) is 16.0. The molecule has 118 valence electrons. The Morgan fingerprint density at radius 3 is 2.83 bits per heavy atom. The lowest BCUT2D eigenvalue weighted by molar-refractivity contribution is 0.0779. The maximum absolute atomic E-state index is 13.8. The quantitative estimate of drug-likeness (QED) is 0.666. The molecule has 6 heteroatoms. The van der Waals surface area contributed by atoms with Gasteiger partial charge in [0.05, 0.1) is 0 Å². The van der Waals surface area contributed by atoms with Crippen molar-refractivity contribution < 1.29 is 9.18 Å². The molecule has 0 spiro atoms. The van der Waals surface area contributed by atoms with Crippen LogP contribution < -0.4 is 0 Å². The molecule has 0 unspecified atom stereocenters. The minimum Gasteiger partial charge on any atom is -0.351 e. The van der Waals surface area contributed by atoms with Gasteiger partial charge in [-0.2, -0.15) is 0 Å². The van der Waals surface area contributed by atoms with Crippen LogP contribution in [0.2, 0.25) is 5.02 Å². The van der Waals surface area contributed by atoms with Gasteiger partial charge in [-0.25, -0.2) is 4.39 Å². The molecule has 1 heterocycles. The predicted octanol–water partition coefficient (Wildman–Crippen LogP) is 5.00. The van der Waals surface area contributed by atoms with E-state index in [4.69, 9.17) is 11.6 Å². The molecule has 1 N–H and O–H groups in total. The second-order valence-corrected chi connectivity index (χ2v) is 6.66. The number of aromatic nitrogens is 1. The fourth-order valence-electron chi connectivity index (χ4n) is 2.42. The van der Waals surface area contributed by atoms with E-state index in [0.717, 1.165) is 15.4 Å². The number of rotatable bonds is 3. The first-order chi connectivity index (χ1) is 10.9. The third-order valence-electron chi connectivity index (χ3n) is 3.58. The minimum atomic E-state index is -0.337. The number of fused-ring (bicyclic) bond motifs is 1. The summed E-state index contributed by atoms with van der Waals surface area (Å²) in [6.07, 6.45) is 0. The van der Waals surface area contributed by atoms with E-state index >= 15 is 0 Å². The molecule has 23 heavy (non-hydrogen) atoms. The fourth-order valence-corrected chi connectivity index (χ4v) is 3.01. The number of amides is 1. The third-order valence-corrected chi connectivity index (χ3v) is 4.30. The van der Waals surface area contributed by atoms with Gasteiger partial charge in [0, 0.05) is 39.6 Å². The highest BCUT2D eigenvalue weighted by molar-refractivity contribution is 9.10. The molecule has 0 aliphatic rings. The van der Waals surface area contributed by atoms with Gasteiger partial charge in [-0.15, -0.1) is 0 Å². The summed E-state index contributed by atoms with van der Waals surface area (Å²) in [5.41, 5.74) is 1.73.